The molecule has 0 saturated carbocycles. The van der Waals surface area contributed by atoms with Crippen LogP contribution in [0.1, 0.15) is 39.0 Å². The van der Waals surface area contributed by atoms with Gasteiger partial charge in [-0.2, -0.15) is 0 Å². The van der Waals surface area contributed by atoms with Gasteiger partial charge in [-0.25, -0.2) is 8.42 Å². The van der Waals surface area contributed by atoms with Crippen molar-refractivity contribution in [1.82, 2.24) is 10.2 Å². The summed E-state index contributed by atoms with van der Waals surface area (Å²) in [5.74, 6) is 0.770. The minimum atomic E-state index is -2.73. The lowest BCUT2D eigenvalue weighted by atomic mass is 10.1. The molecule has 0 aromatic heterocycles. The van der Waals surface area contributed by atoms with E-state index in [0.29, 0.717) is 23.6 Å². The maximum Gasteiger partial charge on any atom is 0.150 e. The molecule has 0 bridgehead atoms. The molecule has 1 unspecified atom stereocenters. The second kappa shape index (κ2) is 6.35. The molecule has 0 aromatic rings. The van der Waals surface area contributed by atoms with Gasteiger partial charge in [-0.3, -0.25) is 4.90 Å². The van der Waals surface area contributed by atoms with E-state index in [9.17, 15) is 8.42 Å². The Hall–Kier alpha value is -0.130. The van der Waals surface area contributed by atoms with Crippen LogP contribution < -0.4 is 5.32 Å². The van der Waals surface area contributed by atoms with Crippen LogP contribution in [0.25, 0.3) is 0 Å². The highest BCUT2D eigenvalue weighted by molar-refractivity contribution is 7.91. The zero-order valence-electron chi connectivity index (χ0n) is 11.4. The van der Waals surface area contributed by atoms with Crippen LogP contribution in [0, 0.1) is 0 Å². The van der Waals surface area contributed by atoms with Gasteiger partial charge in [-0.15, -0.1) is 0 Å². The molecule has 1 atom stereocenters. The molecule has 106 valence electrons. The SMILES string of the molecule is CCCN(CC1CCCN1)C1CCS(=O)(=O)CC1. The number of nitrogens with zero attached hydrogens (tertiary/aromatic N) is 1. The minimum absolute atomic E-state index is 0.385. The Balaban J connectivity index is 1.88. The van der Waals surface area contributed by atoms with Crippen molar-refractivity contribution in [3.8, 4) is 0 Å². The fourth-order valence-electron chi connectivity index (χ4n) is 3.15. The zero-order chi connectivity index (χ0) is 13.0. The summed E-state index contributed by atoms with van der Waals surface area (Å²) in [6.07, 6.45) is 5.36. The molecule has 0 amide bonds. The molecular formula is C13H26N2O2S. The fraction of sp³-hybridized carbons (Fsp3) is 1.00. The van der Waals surface area contributed by atoms with Crippen LogP contribution in [0.2, 0.25) is 0 Å². The molecule has 0 spiro atoms. The molecule has 0 radical (unpaired) electrons. The molecule has 1 N–H and O–H groups in total. The lowest BCUT2D eigenvalue weighted by Gasteiger charge is -2.35. The average Bonchev–Trinajstić information content (AvgIpc) is 2.81. The summed E-state index contributed by atoms with van der Waals surface area (Å²) in [5, 5.41) is 3.54. The second-order valence-electron chi connectivity index (χ2n) is 5.67. The molecule has 2 rings (SSSR count). The third-order valence-electron chi connectivity index (χ3n) is 4.17. The van der Waals surface area contributed by atoms with Crippen molar-refractivity contribution >= 4 is 9.84 Å². The van der Waals surface area contributed by atoms with Crippen LogP contribution in [0.5, 0.6) is 0 Å². The first-order valence-electron chi connectivity index (χ1n) is 7.28. The molecule has 18 heavy (non-hydrogen) atoms. The van der Waals surface area contributed by atoms with Gasteiger partial charge in [0.25, 0.3) is 0 Å². The van der Waals surface area contributed by atoms with E-state index in [4.69, 9.17) is 0 Å². The van der Waals surface area contributed by atoms with Gasteiger partial charge in [0, 0.05) is 18.6 Å². The highest BCUT2D eigenvalue weighted by atomic mass is 32.2. The van der Waals surface area contributed by atoms with E-state index in [2.05, 4.69) is 17.1 Å². The summed E-state index contributed by atoms with van der Waals surface area (Å²) >= 11 is 0. The summed E-state index contributed by atoms with van der Waals surface area (Å²) in [6, 6.07) is 1.10. The number of rotatable bonds is 5. The van der Waals surface area contributed by atoms with Crippen molar-refractivity contribution in [3.05, 3.63) is 0 Å². The summed E-state index contributed by atoms with van der Waals surface area (Å²) in [4.78, 5) is 2.53. The van der Waals surface area contributed by atoms with Crippen LogP contribution in [0.3, 0.4) is 0 Å². The number of hydrogen-bond acceptors (Lipinski definition) is 4. The van der Waals surface area contributed by atoms with E-state index < -0.39 is 9.84 Å². The fourth-order valence-corrected chi connectivity index (χ4v) is 4.62. The maximum atomic E-state index is 11.5. The van der Waals surface area contributed by atoms with Crippen LogP contribution in [0.15, 0.2) is 0 Å². The maximum absolute atomic E-state index is 11.5. The van der Waals surface area contributed by atoms with E-state index >= 15 is 0 Å². The first-order chi connectivity index (χ1) is 8.61. The van der Waals surface area contributed by atoms with Gasteiger partial charge in [0.1, 0.15) is 9.84 Å². The summed E-state index contributed by atoms with van der Waals surface area (Å²) in [7, 11) is -2.73. The first-order valence-corrected chi connectivity index (χ1v) is 9.11. The Morgan fingerprint density at radius 2 is 1.94 bits per heavy atom. The average molecular weight is 274 g/mol. The van der Waals surface area contributed by atoms with E-state index in [-0.39, 0.29) is 0 Å². The largest absolute Gasteiger partial charge is 0.313 e. The monoisotopic (exact) mass is 274 g/mol. The van der Waals surface area contributed by atoms with Gasteiger partial charge in [-0.05, 0) is 45.2 Å². The standard InChI is InChI=1S/C13H26N2O2S/c1-2-8-15(11-12-4-3-7-14-12)13-5-9-18(16,17)10-6-13/h12-14H,2-11H2,1H3. The Labute approximate surface area is 111 Å². The van der Waals surface area contributed by atoms with Crippen molar-refractivity contribution < 1.29 is 8.42 Å². The predicted octanol–water partition coefficient (Wildman–Crippen LogP) is 1.03. The van der Waals surface area contributed by atoms with Crippen LogP contribution in [0.4, 0.5) is 0 Å². The van der Waals surface area contributed by atoms with E-state index in [1.165, 1.54) is 12.8 Å². The smallest absolute Gasteiger partial charge is 0.150 e. The highest BCUT2D eigenvalue weighted by Crippen LogP contribution is 2.20. The lowest BCUT2D eigenvalue weighted by molar-refractivity contribution is 0.168. The third kappa shape index (κ3) is 3.93. The lowest BCUT2D eigenvalue weighted by Crippen LogP contribution is -2.46. The Morgan fingerprint density at radius 1 is 1.22 bits per heavy atom. The molecule has 0 aliphatic carbocycles. The van der Waals surface area contributed by atoms with Crippen LogP contribution >= 0.6 is 0 Å². The molecule has 2 aliphatic heterocycles. The van der Waals surface area contributed by atoms with Crippen LogP contribution in [-0.2, 0) is 9.84 Å². The van der Waals surface area contributed by atoms with Crippen molar-refractivity contribution in [3.63, 3.8) is 0 Å². The number of hydrogen-bond donors (Lipinski definition) is 1. The number of sulfone groups is 1. The molecule has 2 fully saturated rings. The topological polar surface area (TPSA) is 49.4 Å². The summed E-state index contributed by atoms with van der Waals surface area (Å²) in [6.45, 7) is 5.54. The summed E-state index contributed by atoms with van der Waals surface area (Å²) in [5.41, 5.74) is 0. The normalized spacial score (nSPS) is 28.9. The van der Waals surface area contributed by atoms with Crippen molar-refractivity contribution in [2.45, 2.75) is 51.1 Å². The van der Waals surface area contributed by atoms with E-state index in [0.717, 1.165) is 38.9 Å². The van der Waals surface area contributed by atoms with E-state index in [1.807, 2.05) is 0 Å². The van der Waals surface area contributed by atoms with Crippen molar-refractivity contribution in [2.75, 3.05) is 31.1 Å². The van der Waals surface area contributed by atoms with Crippen molar-refractivity contribution in [2.24, 2.45) is 0 Å². The quantitative estimate of drug-likeness (QED) is 0.813. The highest BCUT2D eigenvalue weighted by Gasteiger charge is 2.29. The molecule has 2 saturated heterocycles. The van der Waals surface area contributed by atoms with Gasteiger partial charge in [0.15, 0.2) is 0 Å². The Morgan fingerprint density at radius 3 is 2.50 bits per heavy atom. The zero-order valence-corrected chi connectivity index (χ0v) is 12.2. The molecule has 2 aliphatic rings. The molecular weight excluding hydrogens is 248 g/mol. The van der Waals surface area contributed by atoms with Crippen molar-refractivity contribution in [1.29, 1.82) is 0 Å². The molecule has 2 heterocycles. The number of nitrogens with one attached hydrogen (secondary N) is 1. The van der Waals surface area contributed by atoms with E-state index in [1.54, 1.807) is 0 Å². The van der Waals surface area contributed by atoms with Gasteiger partial charge < -0.3 is 5.32 Å². The minimum Gasteiger partial charge on any atom is -0.313 e. The second-order valence-corrected chi connectivity index (χ2v) is 7.97. The van der Waals surface area contributed by atoms with Gasteiger partial charge in [0.05, 0.1) is 11.5 Å². The molecule has 0 aromatic carbocycles. The first kappa shape index (κ1) is 14.3. The molecule has 5 heteroatoms. The third-order valence-corrected chi connectivity index (χ3v) is 5.88. The van der Waals surface area contributed by atoms with Gasteiger partial charge in [-0.1, -0.05) is 6.92 Å². The molecule has 4 nitrogen and oxygen atoms in total. The van der Waals surface area contributed by atoms with Gasteiger partial charge >= 0.3 is 0 Å². The Kier molecular flexibility index (Phi) is 5.04. The Bertz CT molecular complexity index is 336. The summed E-state index contributed by atoms with van der Waals surface area (Å²) < 4.78 is 23.0. The predicted molar refractivity (Wildman–Crippen MR) is 74.6 cm³/mol. The van der Waals surface area contributed by atoms with Gasteiger partial charge in [0.2, 0.25) is 0 Å². The van der Waals surface area contributed by atoms with Crippen LogP contribution in [-0.4, -0.2) is 56.5 Å².